The molecule has 1 atom stereocenters. The lowest BCUT2D eigenvalue weighted by Gasteiger charge is -2.04. The van der Waals surface area contributed by atoms with Crippen LogP contribution < -0.4 is 0 Å². The van der Waals surface area contributed by atoms with Gasteiger partial charge in [0.2, 0.25) is 0 Å². The molecular formula is C11H15NO. The molecule has 0 radical (unpaired) electrons. The van der Waals surface area contributed by atoms with E-state index in [4.69, 9.17) is 5.11 Å². The smallest absolute Gasteiger partial charge is 0.0465 e. The first-order valence-electron chi connectivity index (χ1n) is 4.77. The monoisotopic (exact) mass is 177 g/mol. The zero-order chi connectivity index (χ0) is 9.42. The second-order valence-electron chi connectivity index (χ2n) is 3.94. The molecule has 70 valence electrons. The molecular weight excluding hydrogens is 162 g/mol. The number of aromatic nitrogens is 1. The van der Waals surface area contributed by atoms with E-state index >= 15 is 0 Å². The van der Waals surface area contributed by atoms with Crippen molar-refractivity contribution in [2.45, 2.75) is 26.7 Å². The highest BCUT2D eigenvalue weighted by molar-refractivity contribution is 5.39. The number of rotatable bonds is 1. The maximum Gasteiger partial charge on any atom is 0.0465 e. The molecule has 2 rings (SSSR count). The maximum absolute atomic E-state index is 9.10. The first-order chi connectivity index (χ1) is 6.22. The SMILES string of the molecule is Cc1cnc(C)c2c1CC(CO)C2. The zero-order valence-electron chi connectivity index (χ0n) is 8.17. The Kier molecular flexibility index (Phi) is 2.08. The molecule has 1 aliphatic rings. The van der Waals surface area contributed by atoms with Crippen LogP contribution >= 0.6 is 0 Å². The first-order valence-corrected chi connectivity index (χ1v) is 4.77. The van der Waals surface area contributed by atoms with Crippen LogP contribution in [-0.4, -0.2) is 16.7 Å². The third-order valence-corrected chi connectivity index (χ3v) is 2.97. The molecule has 0 amide bonds. The van der Waals surface area contributed by atoms with Crippen molar-refractivity contribution >= 4 is 0 Å². The molecule has 2 heteroatoms. The molecule has 2 nitrogen and oxygen atoms in total. The molecule has 13 heavy (non-hydrogen) atoms. The molecule has 0 spiro atoms. The minimum absolute atomic E-state index is 0.299. The third kappa shape index (κ3) is 1.35. The van der Waals surface area contributed by atoms with Crippen LogP contribution in [0, 0.1) is 19.8 Å². The van der Waals surface area contributed by atoms with Gasteiger partial charge in [-0.15, -0.1) is 0 Å². The van der Waals surface area contributed by atoms with Gasteiger partial charge in [-0.05, 0) is 49.3 Å². The van der Waals surface area contributed by atoms with Crippen molar-refractivity contribution in [3.05, 3.63) is 28.6 Å². The molecule has 1 unspecified atom stereocenters. The lowest BCUT2D eigenvalue weighted by Crippen LogP contribution is -2.04. The van der Waals surface area contributed by atoms with E-state index in [1.165, 1.54) is 16.7 Å². The van der Waals surface area contributed by atoms with Gasteiger partial charge in [0.05, 0.1) is 0 Å². The van der Waals surface area contributed by atoms with Crippen LogP contribution in [0.4, 0.5) is 0 Å². The molecule has 0 saturated carbocycles. The fourth-order valence-electron chi connectivity index (χ4n) is 2.14. The van der Waals surface area contributed by atoms with Crippen LogP contribution in [0.5, 0.6) is 0 Å². The van der Waals surface area contributed by atoms with Crippen molar-refractivity contribution in [1.29, 1.82) is 0 Å². The highest BCUT2D eigenvalue weighted by Gasteiger charge is 2.23. The normalized spacial score (nSPS) is 20.4. The second kappa shape index (κ2) is 3.11. The molecule has 1 N–H and O–H groups in total. The number of fused-ring (bicyclic) bond motifs is 1. The minimum atomic E-state index is 0.299. The van der Waals surface area contributed by atoms with Gasteiger partial charge in [0.25, 0.3) is 0 Å². The van der Waals surface area contributed by atoms with E-state index in [9.17, 15) is 0 Å². The van der Waals surface area contributed by atoms with Crippen molar-refractivity contribution in [1.82, 2.24) is 4.98 Å². The fraction of sp³-hybridized carbons (Fsp3) is 0.545. The Morgan fingerprint density at radius 1 is 1.38 bits per heavy atom. The van der Waals surface area contributed by atoms with Crippen LogP contribution in [-0.2, 0) is 12.8 Å². The van der Waals surface area contributed by atoms with Gasteiger partial charge in [0.1, 0.15) is 0 Å². The summed E-state index contributed by atoms with van der Waals surface area (Å²) in [6.07, 6.45) is 3.97. The van der Waals surface area contributed by atoms with Crippen molar-refractivity contribution in [2.24, 2.45) is 5.92 Å². The Morgan fingerprint density at radius 2 is 2.08 bits per heavy atom. The van der Waals surface area contributed by atoms with E-state index < -0.39 is 0 Å². The largest absolute Gasteiger partial charge is 0.396 e. The van der Waals surface area contributed by atoms with Crippen LogP contribution in [0.2, 0.25) is 0 Å². The lowest BCUT2D eigenvalue weighted by atomic mass is 10.1. The van der Waals surface area contributed by atoms with Crippen LogP contribution in [0.15, 0.2) is 6.20 Å². The highest BCUT2D eigenvalue weighted by atomic mass is 16.3. The van der Waals surface area contributed by atoms with Gasteiger partial charge < -0.3 is 5.11 Å². The molecule has 0 saturated heterocycles. The summed E-state index contributed by atoms with van der Waals surface area (Å²) in [5, 5.41) is 9.10. The number of aliphatic hydroxyl groups is 1. The van der Waals surface area contributed by atoms with Gasteiger partial charge in [-0.2, -0.15) is 0 Å². The highest BCUT2D eigenvalue weighted by Crippen LogP contribution is 2.30. The predicted molar refractivity (Wildman–Crippen MR) is 51.7 cm³/mol. The van der Waals surface area contributed by atoms with Crippen molar-refractivity contribution < 1.29 is 5.11 Å². The summed E-state index contributed by atoms with van der Waals surface area (Å²) in [5.41, 5.74) is 5.21. The van der Waals surface area contributed by atoms with Gasteiger partial charge in [0.15, 0.2) is 0 Å². The fourth-order valence-corrected chi connectivity index (χ4v) is 2.14. The summed E-state index contributed by atoms with van der Waals surface area (Å²) in [6.45, 7) is 4.45. The summed E-state index contributed by atoms with van der Waals surface area (Å²) in [7, 11) is 0. The van der Waals surface area contributed by atoms with Crippen LogP contribution in [0.25, 0.3) is 0 Å². The molecule has 0 aliphatic heterocycles. The molecule has 1 aliphatic carbocycles. The predicted octanol–water partition coefficient (Wildman–Crippen LogP) is 1.41. The van der Waals surface area contributed by atoms with E-state index in [1.54, 1.807) is 0 Å². The van der Waals surface area contributed by atoms with E-state index in [2.05, 4.69) is 18.8 Å². The maximum atomic E-state index is 9.10. The number of aryl methyl sites for hydroxylation is 2. The number of aliphatic hydroxyl groups excluding tert-OH is 1. The van der Waals surface area contributed by atoms with Gasteiger partial charge in [-0.3, -0.25) is 4.98 Å². The quantitative estimate of drug-likeness (QED) is 0.703. The van der Waals surface area contributed by atoms with Crippen LogP contribution in [0.1, 0.15) is 22.4 Å². The molecule has 1 heterocycles. The topological polar surface area (TPSA) is 33.1 Å². The summed E-state index contributed by atoms with van der Waals surface area (Å²) in [4.78, 5) is 4.34. The minimum Gasteiger partial charge on any atom is -0.396 e. The molecule has 1 aromatic rings. The summed E-state index contributed by atoms with van der Waals surface area (Å²) >= 11 is 0. The van der Waals surface area contributed by atoms with Crippen molar-refractivity contribution in [3.63, 3.8) is 0 Å². The summed E-state index contributed by atoms with van der Waals surface area (Å²) < 4.78 is 0. The van der Waals surface area contributed by atoms with Gasteiger partial charge in [-0.25, -0.2) is 0 Å². The third-order valence-electron chi connectivity index (χ3n) is 2.97. The van der Waals surface area contributed by atoms with E-state index in [0.717, 1.165) is 18.5 Å². The summed E-state index contributed by atoms with van der Waals surface area (Å²) in [6, 6.07) is 0. The Hall–Kier alpha value is -0.890. The van der Waals surface area contributed by atoms with Gasteiger partial charge in [0, 0.05) is 18.5 Å². The Balaban J connectivity index is 2.43. The van der Waals surface area contributed by atoms with Gasteiger partial charge in [-0.1, -0.05) is 0 Å². The number of nitrogens with zero attached hydrogens (tertiary/aromatic N) is 1. The number of hydrogen-bond donors (Lipinski definition) is 1. The van der Waals surface area contributed by atoms with Crippen molar-refractivity contribution in [2.75, 3.05) is 6.61 Å². The lowest BCUT2D eigenvalue weighted by molar-refractivity contribution is 0.232. The first kappa shape index (κ1) is 8.70. The van der Waals surface area contributed by atoms with E-state index in [-0.39, 0.29) is 0 Å². The average Bonchev–Trinajstić information content (AvgIpc) is 2.56. The zero-order valence-corrected chi connectivity index (χ0v) is 8.17. The summed E-state index contributed by atoms with van der Waals surface area (Å²) in [5.74, 6) is 0.427. The molecule has 0 bridgehead atoms. The van der Waals surface area contributed by atoms with E-state index in [0.29, 0.717) is 12.5 Å². The standard InChI is InChI=1S/C11H15NO/c1-7-5-12-8(2)11-4-9(6-13)3-10(7)11/h5,9,13H,3-4,6H2,1-2H3. The van der Waals surface area contributed by atoms with Crippen LogP contribution in [0.3, 0.4) is 0 Å². The van der Waals surface area contributed by atoms with E-state index in [1.807, 2.05) is 6.20 Å². The Morgan fingerprint density at radius 3 is 2.69 bits per heavy atom. The number of pyridine rings is 1. The number of hydrogen-bond acceptors (Lipinski definition) is 2. The molecule has 0 aromatic carbocycles. The molecule has 1 aromatic heterocycles. The average molecular weight is 177 g/mol. The Labute approximate surface area is 78.6 Å². The van der Waals surface area contributed by atoms with Crippen molar-refractivity contribution in [3.8, 4) is 0 Å². The Bertz CT molecular complexity index is 302. The second-order valence-corrected chi connectivity index (χ2v) is 3.94. The van der Waals surface area contributed by atoms with Gasteiger partial charge >= 0.3 is 0 Å². The molecule has 0 fully saturated rings.